The predicted molar refractivity (Wildman–Crippen MR) is 170 cm³/mol. The fourth-order valence-electron chi connectivity index (χ4n) is 3.93. The van der Waals surface area contributed by atoms with Crippen LogP contribution in [0.4, 0.5) is 11.4 Å². The number of hydrogen-bond donors (Lipinski definition) is 3. The zero-order valence-electron chi connectivity index (χ0n) is 23.8. The lowest BCUT2D eigenvalue weighted by Crippen LogP contribution is -2.30. The van der Waals surface area contributed by atoms with Gasteiger partial charge in [-0.15, -0.1) is 11.8 Å². The van der Waals surface area contributed by atoms with Gasteiger partial charge in [0.1, 0.15) is 11.4 Å². The number of benzene rings is 4. The van der Waals surface area contributed by atoms with Crippen molar-refractivity contribution in [3.05, 3.63) is 126 Å². The van der Waals surface area contributed by atoms with Gasteiger partial charge in [-0.25, -0.2) is 0 Å². The summed E-state index contributed by atoms with van der Waals surface area (Å²) in [7, 11) is 0. The molecule has 9 heteroatoms. The van der Waals surface area contributed by atoms with Crippen LogP contribution in [0.3, 0.4) is 0 Å². The van der Waals surface area contributed by atoms with Gasteiger partial charge in [0, 0.05) is 27.4 Å². The molecule has 0 unspecified atom stereocenters. The number of carbonyl (C=O) groups is 4. The highest BCUT2D eigenvalue weighted by Crippen LogP contribution is 2.23. The summed E-state index contributed by atoms with van der Waals surface area (Å²) >= 11 is 1.31. The molecule has 3 N–H and O–H groups in total. The first-order valence-electron chi connectivity index (χ1n) is 13.6. The molecule has 0 saturated carbocycles. The van der Waals surface area contributed by atoms with Gasteiger partial charge in [-0.1, -0.05) is 36.4 Å². The van der Waals surface area contributed by atoms with Crippen molar-refractivity contribution in [2.24, 2.45) is 0 Å². The lowest BCUT2D eigenvalue weighted by atomic mass is 10.1. The van der Waals surface area contributed by atoms with E-state index >= 15 is 0 Å². The van der Waals surface area contributed by atoms with E-state index in [4.69, 9.17) is 4.74 Å². The van der Waals surface area contributed by atoms with Crippen LogP contribution in [0.25, 0.3) is 6.08 Å². The monoisotopic (exact) mass is 593 g/mol. The van der Waals surface area contributed by atoms with Crippen LogP contribution in [0.5, 0.6) is 5.75 Å². The number of hydrogen-bond acceptors (Lipinski definition) is 6. The minimum Gasteiger partial charge on any atom is -0.494 e. The molecule has 0 spiro atoms. The molecule has 218 valence electrons. The molecule has 43 heavy (non-hydrogen) atoms. The Morgan fingerprint density at radius 1 is 0.767 bits per heavy atom. The average molecular weight is 594 g/mol. The third-order valence-electron chi connectivity index (χ3n) is 6.07. The van der Waals surface area contributed by atoms with Crippen LogP contribution in [0, 0.1) is 0 Å². The highest BCUT2D eigenvalue weighted by atomic mass is 32.2. The maximum atomic E-state index is 13.4. The van der Waals surface area contributed by atoms with E-state index in [2.05, 4.69) is 16.0 Å². The fourth-order valence-corrected chi connectivity index (χ4v) is 4.69. The standard InChI is InChI=1S/C34H31N3O5S/c1-3-42-29-18-12-24(13-19-29)20-31(37-33(40)26-8-5-4-6-9-26)34(41)36-28-10-7-11-30(21-28)43-22-32(39)35-27-16-14-25(15-17-27)23(2)38/h4-21H,3,22H2,1-2H3,(H,35,39)(H,36,41)(H,37,40)/b31-20+. The Morgan fingerprint density at radius 2 is 1.49 bits per heavy atom. The normalized spacial score (nSPS) is 10.9. The lowest BCUT2D eigenvalue weighted by Gasteiger charge is -2.12. The number of nitrogens with one attached hydrogen (secondary N) is 3. The molecule has 0 aromatic heterocycles. The molecular weight excluding hydrogens is 562 g/mol. The summed E-state index contributed by atoms with van der Waals surface area (Å²) in [4.78, 5) is 51.0. The van der Waals surface area contributed by atoms with Crippen molar-refractivity contribution in [3.63, 3.8) is 0 Å². The summed E-state index contributed by atoms with van der Waals surface area (Å²) in [6, 6.07) is 29.6. The van der Waals surface area contributed by atoms with Gasteiger partial charge in [-0.2, -0.15) is 0 Å². The van der Waals surface area contributed by atoms with Crippen LogP contribution in [0.2, 0.25) is 0 Å². The Kier molecular flexibility index (Phi) is 10.9. The Labute approximate surface area is 254 Å². The summed E-state index contributed by atoms with van der Waals surface area (Å²) in [5.41, 5.74) is 2.85. The first-order chi connectivity index (χ1) is 20.8. The van der Waals surface area contributed by atoms with E-state index in [0.717, 1.165) is 4.90 Å². The summed E-state index contributed by atoms with van der Waals surface area (Å²) in [5, 5.41) is 8.39. The van der Waals surface area contributed by atoms with Gasteiger partial charge in [0.25, 0.3) is 11.8 Å². The number of ketones is 1. The van der Waals surface area contributed by atoms with Gasteiger partial charge in [-0.3, -0.25) is 19.2 Å². The number of anilines is 2. The maximum Gasteiger partial charge on any atom is 0.272 e. The van der Waals surface area contributed by atoms with Gasteiger partial charge in [0.15, 0.2) is 5.78 Å². The molecule has 4 aromatic rings. The van der Waals surface area contributed by atoms with Crippen LogP contribution < -0.4 is 20.7 Å². The number of thioether (sulfide) groups is 1. The van der Waals surface area contributed by atoms with Crippen molar-refractivity contribution >= 4 is 52.7 Å². The number of ether oxygens (including phenoxy) is 1. The Balaban J connectivity index is 1.43. The summed E-state index contributed by atoms with van der Waals surface area (Å²) < 4.78 is 5.49. The van der Waals surface area contributed by atoms with Crippen LogP contribution >= 0.6 is 11.8 Å². The van der Waals surface area contributed by atoms with Gasteiger partial charge in [0.05, 0.1) is 12.4 Å². The number of amides is 3. The zero-order chi connectivity index (χ0) is 30.6. The molecule has 0 aliphatic carbocycles. The van der Waals surface area contributed by atoms with Gasteiger partial charge < -0.3 is 20.7 Å². The minimum absolute atomic E-state index is 0.0437. The summed E-state index contributed by atoms with van der Waals surface area (Å²) in [6.07, 6.45) is 1.60. The molecule has 0 heterocycles. The molecule has 0 bridgehead atoms. The largest absolute Gasteiger partial charge is 0.494 e. The second kappa shape index (κ2) is 15.2. The maximum absolute atomic E-state index is 13.4. The molecule has 0 saturated heterocycles. The van der Waals surface area contributed by atoms with Gasteiger partial charge >= 0.3 is 0 Å². The Morgan fingerprint density at radius 3 is 2.16 bits per heavy atom. The molecule has 4 aromatic carbocycles. The number of rotatable bonds is 12. The van der Waals surface area contributed by atoms with E-state index in [1.807, 2.05) is 19.1 Å². The zero-order valence-corrected chi connectivity index (χ0v) is 24.6. The van der Waals surface area contributed by atoms with Crippen molar-refractivity contribution in [2.75, 3.05) is 23.0 Å². The van der Waals surface area contributed by atoms with Gasteiger partial charge in [-0.05, 0) is 92.2 Å². The van der Waals surface area contributed by atoms with Crippen LogP contribution in [-0.4, -0.2) is 35.9 Å². The predicted octanol–water partition coefficient (Wildman–Crippen LogP) is 6.43. The number of carbonyl (C=O) groups excluding carboxylic acids is 4. The molecule has 0 aliphatic rings. The first kappa shape index (κ1) is 30.8. The SMILES string of the molecule is CCOc1ccc(/C=C(/NC(=O)c2ccccc2)C(=O)Nc2cccc(SCC(=O)Nc3ccc(C(C)=O)cc3)c2)cc1. The Bertz CT molecular complexity index is 1620. The van der Waals surface area contributed by atoms with Gasteiger partial charge in [0.2, 0.25) is 5.91 Å². The van der Waals surface area contributed by atoms with Crippen LogP contribution in [0.1, 0.15) is 40.1 Å². The summed E-state index contributed by atoms with van der Waals surface area (Å²) in [6.45, 7) is 3.92. The van der Waals surface area contributed by atoms with E-state index in [1.54, 1.807) is 97.1 Å². The lowest BCUT2D eigenvalue weighted by molar-refractivity contribution is -0.114. The topological polar surface area (TPSA) is 114 Å². The molecule has 0 aliphatic heterocycles. The molecule has 0 radical (unpaired) electrons. The Hall–Kier alpha value is -5.15. The number of Topliss-reactive ketones (excluding diaryl/α,β-unsaturated/α-hetero) is 1. The van der Waals surface area contributed by atoms with Crippen molar-refractivity contribution in [1.29, 1.82) is 0 Å². The molecule has 8 nitrogen and oxygen atoms in total. The summed E-state index contributed by atoms with van der Waals surface area (Å²) in [5.74, 6) is -0.335. The van der Waals surface area contributed by atoms with E-state index in [0.29, 0.717) is 40.4 Å². The second-order valence-corrected chi connectivity index (χ2v) is 10.4. The highest BCUT2D eigenvalue weighted by molar-refractivity contribution is 8.00. The van der Waals surface area contributed by atoms with E-state index in [-0.39, 0.29) is 23.1 Å². The van der Waals surface area contributed by atoms with E-state index in [1.165, 1.54) is 18.7 Å². The smallest absolute Gasteiger partial charge is 0.272 e. The van der Waals surface area contributed by atoms with Crippen molar-refractivity contribution < 1.29 is 23.9 Å². The molecule has 0 atom stereocenters. The van der Waals surface area contributed by atoms with E-state index < -0.39 is 11.8 Å². The second-order valence-electron chi connectivity index (χ2n) is 9.33. The third-order valence-corrected chi connectivity index (χ3v) is 7.06. The average Bonchev–Trinajstić information content (AvgIpc) is 3.01. The third kappa shape index (κ3) is 9.44. The minimum atomic E-state index is -0.507. The molecule has 4 rings (SSSR count). The van der Waals surface area contributed by atoms with Crippen molar-refractivity contribution in [2.45, 2.75) is 18.7 Å². The molecular formula is C34H31N3O5S. The highest BCUT2D eigenvalue weighted by Gasteiger charge is 2.16. The first-order valence-corrected chi connectivity index (χ1v) is 14.6. The van der Waals surface area contributed by atoms with Crippen LogP contribution in [0.15, 0.2) is 114 Å². The van der Waals surface area contributed by atoms with E-state index in [9.17, 15) is 19.2 Å². The van der Waals surface area contributed by atoms with Crippen LogP contribution in [-0.2, 0) is 9.59 Å². The van der Waals surface area contributed by atoms with Crippen molar-refractivity contribution in [3.8, 4) is 5.75 Å². The van der Waals surface area contributed by atoms with Crippen molar-refractivity contribution in [1.82, 2.24) is 5.32 Å². The molecule has 3 amide bonds. The molecule has 0 fully saturated rings. The quantitative estimate of drug-likeness (QED) is 0.0992. The fraction of sp³-hybridized carbons (Fsp3) is 0.118.